The molecule has 6 nitrogen and oxygen atoms in total. The van der Waals surface area contributed by atoms with Crippen LogP contribution < -0.4 is 5.32 Å². The molecule has 4 rings (SSSR count). The molecule has 1 amide bonds. The van der Waals surface area contributed by atoms with Gasteiger partial charge in [0.25, 0.3) is 0 Å². The summed E-state index contributed by atoms with van der Waals surface area (Å²) in [7, 11) is 0. The average molecular weight is 410 g/mol. The SMILES string of the molecule is C[C@H](Cc1ccccc1F)C(=O)Nc1ccc2nc(CCN3CCOCC3)[nH]c2c1. The second-order valence-electron chi connectivity index (χ2n) is 7.81. The Kier molecular flexibility index (Phi) is 6.40. The van der Waals surface area contributed by atoms with Crippen LogP contribution in [0.4, 0.5) is 10.1 Å². The predicted molar refractivity (Wildman–Crippen MR) is 115 cm³/mol. The van der Waals surface area contributed by atoms with E-state index >= 15 is 0 Å². The Labute approximate surface area is 175 Å². The van der Waals surface area contributed by atoms with E-state index in [9.17, 15) is 9.18 Å². The van der Waals surface area contributed by atoms with Crippen LogP contribution in [0.15, 0.2) is 42.5 Å². The van der Waals surface area contributed by atoms with Crippen LogP contribution in [0.5, 0.6) is 0 Å². The van der Waals surface area contributed by atoms with Crippen LogP contribution in [0.2, 0.25) is 0 Å². The number of amides is 1. The number of aromatic amines is 1. The number of rotatable bonds is 7. The summed E-state index contributed by atoms with van der Waals surface area (Å²) >= 11 is 0. The topological polar surface area (TPSA) is 70.2 Å². The van der Waals surface area contributed by atoms with Gasteiger partial charge in [0.15, 0.2) is 0 Å². The van der Waals surface area contributed by atoms with Gasteiger partial charge in [0.05, 0.1) is 24.2 Å². The Balaban J connectivity index is 1.36. The lowest BCUT2D eigenvalue weighted by Crippen LogP contribution is -2.37. The summed E-state index contributed by atoms with van der Waals surface area (Å²) in [6.45, 7) is 6.25. The van der Waals surface area contributed by atoms with E-state index in [4.69, 9.17) is 4.74 Å². The largest absolute Gasteiger partial charge is 0.379 e. The quantitative estimate of drug-likeness (QED) is 0.626. The third-order valence-corrected chi connectivity index (χ3v) is 5.50. The Bertz CT molecular complexity index is 1010. The van der Waals surface area contributed by atoms with Gasteiger partial charge in [-0.3, -0.25) is 9.69 Å². The summed E-state index contributed by atoms with van der Waals surface area (Å²) in [6.07, 6.45) is 1.20. The van der Waals surface area contributed by atoms with Gasteiger partial charge < -0.3 is 15.0 Å². The molecule has 0 aliphatic carbocycles. The van der Waals surface area contributed by atoms with Crippen molar-refractivity contribution in [3.8, 4) is 0 Å². The lowest BCUT2D eigenvalue weighted by molar-refractivity contribution is -0.119. The third-order valence-electron chi connectivity index (χ3n) is 5.50. The fourth-order valence-electron chi connectivity index (χ4n) is 3.70. The Hall–Kier alpha value is -2.77. The summed E-state index contributed by atoms with van der Waals surface area (Å²) < 4.78 is 19.2. The van der Waals surface area contributed by atoms with Crippen molar-refractivity contribution < 1.29 is 13.9 Å². The standard InChI is InChI=1S/C23H27FN4O2/c1-16(14-17-4-2-3-5-19(17)24)23(29)25-18-6-7-20-21(15-18)27-22(26-20)8-9-28-10-12-30-13-11-28/h2-7,15-16H,8-14H2,1H3,(H,25,29)(H,26,27)/t16-/m1/s1. The maximum absolute atomic E-state index is 13.8. The van der Waals surface area contributed by atoms with Gasteiger partial charge >= 0.3 is 0 Å². The monoisotopic (exact) mass is 410 g/mol. The maximum Gasteiger partial charge on any atom is 0.227 e. The fraction of sp³-hybridized carbons (Fsp3) is 0.391. The molecule has 3 aromatic rings. The maximum atomic E-state index is 13.8. The molecule has 1 atom stereocenters. The fourth-order valence-corrected chi connectivity index (χ4v) is 3.70. The number of nitrogens with one attached hydrogen (secondary N) is 2. The lowest BCUT2D eigenvalue weighted by atomic mass is 10.00. The number of carbonyl (C=O) groups excluding carboxylic acids is 1. The van der Waals surface area contributed by atoms with Crippen LogP contribution in [0.25, 0.3) is 11.0 Å². The van der Waals surface area contributed by atoms with Crippen molar-refractivity contribution in [3.05, 3.63) is 59.7 Å². The van der Waals surface area contributed by atoms with E-state index < -0.39 is 0 Å². The number of aromatic nitrogens is 2. The van der Waals surface area contributed by atoms with Crippen molar-refractivity contribution in [1.29, 1.82) is 0 Å². The van der Waals surface area contributed by atoms with Crippen LogP contribution >= 0.6 is 0 Å². The highest BCUT2D eigenvalue weighted by atomic mass is 19.1. The molecular weight excluding hydrogens is 383 g/mol. The van der Waals surface area contributed by atoms with E-state index in [1.807, 2.05) is 18.2 Å². The van der Waals surface area contributed by atoms with Crippen LogP contribution in [0.1, 0.15) is 18.3 Å². The van der Waals surface area contributed by atoms with Crippen LogP contribution in [0.3, 0.4) is 0 Å². The summed E-state index contributed by atoms with van der Waals surface area (Å²) in [5, 5.41) is 2.94. The van der Waals surface area contributed by atoms with Crippen molar-refractivity contribution in [3.63, 3.8) is 0 Å². The van der Waals surface area contributed by atoms with Gasteiger partial charge in [0, 0.05) is 37.7 Å². The normalized spacial score (nSPS) is 15.9. The number of ether oxygens (including phenoxy) is 1. The van der Waals surface area contributed by atoms with Gasteiger partial charge in [-0.15, -0.1) is 0 Å². The van der Waals surface area contributed by atoms with Crippen LogP contribution in [-0.2, 0) is 22.4 Å². The summed E-state index contributed by atoms with van der Waals surface area (Å²) in [6, 6.07) is 12.2. The van der Waals surface area contributed by atoms with Gasteiger partial charge in [-0.1, -0.05) is 25.1 Å². The van der Waals surface area contributed by atoms with Gasteiger partial charge in [-0.2, -0.15) is 0 Å². The minimum Gasteiger partial charge on any atom is -0.379 e. The van der Waals surface area contributed by atoms with Gasteiger partial charge in [-0.25, -0.2) is 9.37 Å². The number of halogens is 1. The zero-order valence-electron chi connectivity index (χ0n) is 17.2. The van der Waals surface area contributed by atoms with E-state index in [0.717, 1.165) is 56.1 Å². The lowest BCUT2D eigenvalue weighted by Gasteiger charge is -2.25. The van der Waals surface area contributed by atoms with Crippen LogP contribution in [0, 0.1) is 11.7 Å². The first-order valence-electron chi connectivity index (χ1n) is 10.4. The first kappa shape index (κ1) is 20.5. The number of hydrogen-bond acceptors (Lipinski definition) is 4. The molecule has 30 heavy (non-hydrogen) atoms. The van der Waals surface area contributed by atoms with E-state index in [1.165, 1.54) is 6.07 Å². The van der Waals surface area contributed by atoms with Crippen molar-refractivity contribution >= 4 is 22.6 Å². The first-order valence-corrected chi connectivity index (χ1v) is 10.4. The van der Waals surface area contributed by atoms with Crippen molar-refractivity contribution in [2.24, 2.45) is 5.92 Å². The Morgan fingerprint density at radius 2 is 2.07 bits per heavy atom. The van der Waals surface area contributed by atoms with Crippen LogP contribution in [-0.4, -0.2) is 53.6 Å². The number of morpholine rings is 1. The molecule has 0 bridgehead atoms. The number of hydrogen-bond donors (Lipinski definition) is 2. The molecule has 1 aliphatic heterocycles. The van der Waals surface area contributed by atoms with E-state index in [0.29, 0.717) is 17.7 Å². The molecule has 2 aromatic carbocycles. The number of nitrogens with zero attached hydrogens (tertiary/aromatic N) is 2. The van der Waals surface area contributed by atoms with Crippen molar-refractivity contribution in [2.75, 3.05) is 38.2 Å². The molecule has 1 aromatic heterocycles. The first-order chi connectivity index (χ1) is 14.6. The minimum atomic E-state index is -0.344. The molecule has 0 saturated carbocycles. The molecule has 7 heteroatoms. The van der Waals surface area contributed by atoms with Gasteiger partial charge in [0.1, 0.15) is 11.6 Å². The molecule has 158 valence electrons. The summed E-state index contributed by atoms with van der Waals surface area (Å²) in [4.78, 5) is 23.0. The predicted octanol–water partition coefficient (Wildman–Crippen LogP) is 3.39. The van der Waals surface area contributed by atoms with Gasteiger partial charge in [-0.05, 0) is 36.2 Å². The Morgan fingerprint density at radius 3 is 2.87 bits per heavy atom. The summed E-state index contributed by atoms with van der Waals surface area (Å²) in [5.74, 6) is 0.182. The number of carbonyl (C=O) groups is 1. The molecule has 0 radical (unpaired) electrons. The van der Waals surface area contributed by atoms with E-state index in [2.05, 4.69) is 20.2 Å². The van der Waals surface area contributed by atoms with E-state index in [1.54, 1.807) is 25.1 Å². The molecule has 0 spiro atoms. The third kappa shape index (κ3) is 5.04. The van der Waals surface area contributed by atoms with Gasteiger partial charge in [0.2, 0.25) is 5.91 Å². The van der Waals surface area contributed by atoms with Crippen molar-refractivity contribution in [2.45, 2.75) is 19.8 Å². The highest BCUT2D eigenvalue weighted by Gasteiger charge is 2.16. The highest BCUT2D eigenvalue weighted by molar-refractivity contribution is 5.94. The number of H-pyrrole nitrogens is 1. The number of imidazole rings is 1. The highest BCUT2D eigenvalue weighted by Crippen LogP contribution is 2.20. The molecule has 1 aliphatic rings. The zero-order chi connectivity index (χ0) is 20.9. The van der Waals surface area contributed by atoms with E-state index in [-0.39, 0.29) is 17.6 Å². The second-order valence-corrected chi connectivity index (χ2v) is 7.81. The summed E-state index contributed by atoms with van der Waals surface area (Å²) in [5.41, 5.74) is 3.03. The molecule has 1 fully saturated rings. The van der Waals surface area contributed by atoms with Crippen molar-refractivity contribution in [1.82, 2.24) is 14.9 Å². The number of benzene rings is 2. The molecule has 2 heterocycles. The molecular formula is C23H27FN4O2. The molecule has 1 saturated heterocycles. The average Bonchev–Trinajstić information content (AvgIpc) is 3.17. The molecule has 0 unspecified atom stereocenters. The smallest absolute Gasteiger partial charge is 0.227 e. The number of fused-ring (bicyclic) bond motifs is 1. The number of anilines is 1. The zero-order valence-corrected chi connectivity index (χ0v) is 17.2. The molecule has 2 N–H and O–H groups in total. The second kappa shape index (κ2) is 9.36. The Morgan fingerprint density at radius 1 is 1.27 bits per heavy atom. The minimum absolute atomic E-state index is 0.135.